The summed E-state index contributed by atoms with van der Waals surface area (Å²) >= 11 is 1.62. The van der Waals surface area contributed by atoms with E-state index >= 15 is 0 Å². The van der Waals surface area contributed by atoms with Gasteiger partial charge in [-0.3, -0.25) is 14.5 Å². The molecule has 2 aliphatic rings. The van der Waals surface area contributed by atoms with E-state index in [-0.39, 0.29) is 18.5 Å². The van der Waals surface area contributed by atoms with Crippen molar-refractivity contribution in [3.8, 4) is 0 Å². The van der Waals surface area contributed by atoms with E-state index in [1.165, 1.54) is 0 Å². The average Bonchev–Trinajstić information content (AvgIpc) is 3.39. The number of hydrogen-bond donors (Lipinski definition) is 1. The second kappa shape index (κ2) is 6.53. The molecule has 4 amide bonds. The van der Waals surface area contributed by atoms with Gasteiger partial charge < -0.3 is 14.6 Å². The fraction of sp³-hybridized carbons (Fsp3) is 0.421. The maximum Gasteiger partial charge on any atom is 0.325 e. The Labute approximate surface area is 160 Å². The van der Waals surface area contributed by atoms with Gasteiger partial charge in [-0.05, 0) is 50.3 Å². The average molecular weight is 387 g/mol. The van der Waals surface area contributed by atoms with Gasteiger partial charge in [0.05, 0.1) is 6.04 Å². The largest absolute Gasteiger partial charge is 0.463 e. The lowest BCUT2D eigenvalue weighted by molar-refractivity contribution is -0.139. The number of furan rings is 1. The van der Waals surface area contributed by atoms with Gasteiger partial charge in [0.2, 0.25) is 5.91 Å². The van der Waals surface area contributed by atoms with Crippen LogP contribution in [0.3, 0.4) is 0 Å². The van der Waals surface area contributed by atoms with E-state index in [0.29, 0.717) is 18.1 Å². The molecule has 7 nitrogen and oxygen atoms in total. The quantitative estimate of drug-likeness (QED) is 0.818. The Hall–Kier alpha value is -2.61. The fourth-order valence-corrected chi connectivity index (χ4v) is 4.65. The number of aryl methyl sites for hydroxylation is 1. The highest BCUT2D eigenvalue weighted by molar-refractivity contribution is 7.10. The Morgan fingerprint density at radius 2 is 2.19 bits per heavy atom. The van der Waals surface area contributed by atoms with Gasteiger partial charge in [0.15, 0.2) is 5.54 Å². The van der Waals surface area contributed by atoms with Crippen molar-refractivity contribution in [2.45, 2.75) is 38.3 Å². The zero-order valence-electron chi connectivity index (χ0n) is 15.2. The molecule has 2 aliphatic heterocycles. The molecule has 2 aromatic rings. The Bertz CT molecular complexity index is 891. The van der Waals surface area contributed by atoms with Crippen molar-refractivity contribution in [2.24, 2.45) is 0 Å². The molecular weight excluding hydrogens is 366 g/mol. The van der Waals surface area contributed by atoms with Crippen molar-refractivity contribution in [3.05, 3.63) is 46.0 Å². The summed E-state index contributed by atoms with van der Waals surface area (Å²) in [6.45, 7) is 3.75. The molecule has 1 N–H and O–H groups in total. The number of carbonyl (C=O) groups is 3. The highest BCUT2D eigenvalue weighted by Gasteiger charge is 2.52. The minimum atomic E-state index is -1.29. The number of nitrogens with zero attached hydrogens (tertiary/aromatic N) is 2. The Kier molecular flexibility index (Phi) is 4.30. The number of rotatable bonds is 4. The highest BCUT2D eigenvalue weighted by atomic mass is 32.1. The lowest BCUT2D eigenvalue weighted by Crippen LogP contribution is -2.44. The third-order valence-corrected chi connectivity index (χ3v) is 6.22. The molecule has 0 saturated carbocycles. The minimum Gasteiger partial charge on any atom is -0.463 e. The van der Waals surface area contributed by atoms with Crippen LogP contribution in [0.2, 0.25) is 0 Å². The summed E-state index contributed by atoms with van der Waals surface area (Å²) in [6.07, 6.45) is 1.81. The van der Waals surface area contributed by atoms with E-state index in [0.717, 1.165) is 22.6 Å². The molecule has 142 valence electrons. The number of nitrogens with one attached hydrogen (secondary N) is 1. The van der Waals surface area contributed by atoms with Gasteiger partial charge in [0.1, 0.15) is 18.1 Å². The SMILES string of the molecule is Cc1ccc(C2(C)NC(=O)N(CC(=O)N3CCCC3c3cccs3)C2=O)o1. The van der Waals surface area contributed by atoms with E-state index < -0.39 is 17.5 Å². The normalized spacial score (nSPS) is 25.3. The summed E-state index contributed by atoms with van der Waals surface area (Å²) in [6, 6.07) is 6.85. The summed E-state index contributed by atoms with van der Waals surface area (Å²) in [5.74, 6) is 0.334. The van der Waals surface area contributed by atoms with Crippen LogP contribution in [0.15, 0.2) is 34.1 Å². The summed E-state index contributed by atoms with van der Waals surface area (Å²) in [4.78, 5) is 42.1. The van der Waals surface area contributed by atoms with Crippen LogP contribution in [0.25, 0.3) is 0 Å². The third kappa shape index (κ3) is 2.93. The molecule has 2 unspecified atom stereocenters. The second-order valence-corrected chi connectivity index (χ2v) is 8.10. The van der Waals surface area contributed by atoms with Crippen LogP contribution in [-0.4, -0.2) is 40.7 Å². The molecule has 0 spiro atoms. The topological polar surface area (TPSA) is 82.9 Å². The van der Waals surface area contributed by atoms with Crippen LogP contribution in [0.4, 0.5) is 4.79 Å². The maximum atomic E-state index is 12.9. The van der Waals surface area contributed by atoms with E-state index in [1.807, 2.05) is 17.5 Å². The van der Waals surface area contributed by atoms with Gasteiger partial charge in [-0.2, -0.15) is 0 Å². The standard InChI is InChI=1S/C19H21N3O4S/c1-12-7-8-15(26-12)19(2)17(24)22(18(25)20-19)11-16(23)21-9-3-5-13(21)14-6-4-10-27-14/h4,6-8,10,13H,3,5,9,11H2,1-2H3,(H,20,25). The third-order valence-electron chi connectivity index (χ3n) is 5.25. The van der Waals surface area contributed by atoms with Crippen molar-refractivity contribution in [2.75, 3.05) is 13.1 Å². The molecule has 0 bridgehead atoms. The number of hydrogen-bond acceptors (Lipinski definition) is 5. The summed E-state index contributed by atoms with van der Waals surface area (Å²) in [5, 5.41) is 4.66. The molecule has 2 aromatic heterocycles. The molecular formula is C19H21N3O4S. The monoisotopic (exact) mass is 387 g/mol. The molecule has 0 aliphatic carbocycles. The number of carbonyl (C=O) groups excluding carboxylic acids is 3. The van der Waals surface area contributed by atoms with Crippen molar-refractivity contribution in [3.63, 3.8) is 0 Å². The lowest BCUT2D eigenvalue weighted by atomic mass is 9.99. The van der Waals surface area contributed by atoms with E-state index in [2.05, 4.69) is 5.32 Å². The first-order valence-corrected chi connectivity index (χ1v) is 9.82. The number of thiophene rings is 1. The van der Waals surface area contributed by atoms with Crippen LogP contribution in [0.1, 0.15) is 42.2 Å². The molecule has 2 atom stereocenters. The maximum absolute atomic E-state index is 12.9. The smallest absolute Gasteiger partial charge is 0.325 e. The van der Waals surface area contributed by atoms with Crippen molar-refractivity contribution >= 4 is 29.2 Å². The molecule has 8 heteroatoms. The summed E-state index contributed by atoms with van der Waals surface area (Å²) in [7, 11) is 0. The van der Waals surface area contributed by atoms with E-state index in [9.17, 15) is 14.4 Å². The minimum absolute atomic E-state index is 0.0253. The van der Waals surface area contributed by atoms with Crippen molar-refractivity contribution in [1.82, 2.24) is 15.1 Å². The van der Waals surface area contributed by atoms with Crippen molar-refractivity contribution < 1.29 is 18.8 Å². The number of imide groups is 1. The summed E-state index contributed by atoms with van der Waals surface area (Å²) < 4.78 is 5.55. The molecule has 2 saturated heterocycles. The van der Waals surface area contributed by atoms with Crippen molar-refractivity contribution in [1.29, 1.82) is 0 Å². The Morgan fingerprint density at radius 3 is 2.85 bits per heavy atom. The Morgan fingerprint density at radius 1 is 1.37 bits per heavy atom. The predicted molar refractivity (Wildman–Crippen MR) is 99.0 cm³/mol. The number of likely N-dealkylation sites (tertiary alicyclic amines) is 1. The van der Waals surface area contributed by atoms with Gasteiger partial charge >= 0.3 is 6.03 Å². The molecule has 2 fully saturated rings. The second-order valence-electron chi connectivity index (χ2n) is 7.12. The number of urea groups is 1. The Balaban J connectivity index is 1.51. The van der Waals surface area contributed by atoms with Gasteiger partial charge in [-0.15, -0.1) is 11.3 Å². The van der Waals surface area contributed by atoms with E-state index in [4.69, 9.17) is 4.42 Å². The van der Waals surface area contributed by atoms with Gasteiger partial charge in [-0.1, -0.05) is 6.07 Å². The first-order chi connectivity index (χ1) is 12.9. The predicted octanol–water partition coefficient (Wildman–Crippen LogP) is 2.78. The molecule has 27 heavy (non-hydrogen) atoms. The van der Waals surface area contributed by atoms with Gasteiger partial charge in [0, 0.05) is 11.4 Å². The van der Waals surface area contributed by atoms with Gasteiger partial charge in [0.25, 0.3) is 5.91 Å². The number of amides is 4. The van der Waals surface area contributed by atoms with Crippen LogP contribution < -0.4 is 5.32 Å². The zero-order valence-corrected chi connectivity index (χ0v) is 16.0. The first-order valence-electron chi connectivity index (χ1n) is 8.94. The van der Waals surface area contributed by atoms with Crippen LogP contribution >= 0.6 is 11.3 Å². The first kappa shape index (κ1) is 17.8. The van der Waals surface area contributed by atoms with Crippen LogP contribution in [0.5, 0.6) is 0 Å². The zero-order chi connectivity index (χ0) is 19.2. The molecule has 0 aromatic carbocycles. The summed E-state index contributed by atoms with van der Waals surface area (Å²) in [5.41, 5.74) is -1.29. The fourth-order valence-electron chi connectivity index (χ4n) is 3.78. The molecule has 0 radical (unpaired) electrons. The highest BCUT2D eigenvalue weighted by Crippen LogP contribution is 2.35. The molecule has 4 rings (SSSR count). The van der Waals surface area contributed by atoms with Gasteiger partial charge in [-0.25, -0.2) is 4.79 Å². The van der Waals surface area contributed by atoms with E-state index in [1.54, 1.807) is 42.2 Å². The lowest BCUT2D eigenvalue weighted by Gasteiger charge is -2.26. The van der Waals surface area contributed by atoms with Crippen LogP contribution in [-0.2, 0) is 15.1 Å². The molecule has 4 heterocycles. The van der Waals surface area contributed by atoms with Crippen LogP contribution in [0, 0.1) is 6.92 Å².